The number of nitrogens with one attached hydrogen (secondary N) is 2. The van der Waals surface area contributed by atoms with Gasteiger partial charge < -0.3 is 24.6 Å². The van der Waals surface area contributed by atoms with Gasteiger partial charge in [-0.2, -0.15) is 22.7 Å². The minimum Gasteiger partial charge on any atom is -0.504 e. The quantitative estimate of drug-likeness (QED) is 0.134. The highest BCUT2D eigenvalue weighted by Gasteiger charge is 2.37. The summed E-state index contributed by atoms with van der Waals surface area (Å²) >= 11 is 6.11. The van der Waals surface area contributed by atoms with Crippen molar-refractivity contribution < 1.29 is 32.6 Å². The van der Waals surface area contributed by atoms with Crippen molar-refractivity contribution >= 4 is 40.5 Å². The summed E-state index contributed by atoms with van der Waals surface area (Å²) in [5.41, 5.74) is 3.04. The van der Waals surface area contributed by atoms with E-state index in [0.29, 0.717) is 56.1 Å². The number of aromatic nitrogens is 6. The van der Waals surface area contributed by atoms with Gasteiger partial charge in [-0.25, -0.2) is 9.97 Å². The molecule has 0 fully saturated rings. The average molecular weight is 775 g/mol. The van der Waals surface area contributed by atoms with E-state index in [2.05, 4.69) is 30.8 Å². The molecule has 6 rings (SSSR count). The third kappa shape index (κ3) is 8.56. The fourth-order valence-corrected chi connectivity index (χ4v) is 6.73. The van der Waals surface area contributed by atoms with Gasteiger partial charge in [-0.1, -0.05) is 31.5 Å². The van der Waals surface area contributed by atoms with E-state index < -0.39 is 29.1 Å². The van der Waals surface area contributed by atoms with Crippen LogP contribution in [0.3, 0.4) is 0 Å². The molecule has 4 aromatic rings. The van der Waals surface area contributed by atoms with Crippen LogP contribution in [0.25, 0.3) is 11.4 Å². The van der Waals surface area contributed by atoms with Crippen LogP contribution in [-0.2, 0) is 28.7 Å². The zero-order valence-electron chi connectivity index (χ0n) is 30.2. The Labute approximate surface area is 313 Å². The van der Waals surface area contributed by atoms with Crippen molar-refractivity contribution in [1.82, 2.24) is 39.5 Å². The van der Waals surface area contributed by atoms with Crippen LogP contribution in [0.4, 0.5) is 18.9 Å². The molecule has 0 saturated heterocycles. The summed E-state index contributed by atoms with van der Waals surface area (Å²) in [5.74, 6) is 3.45. The van der Waals surface area contributed by atoms with Gasteiger partial charge in [0, 0.05) is 30.9 Å². The molecule has 0 bridgehead atoms. The van der Waals surface area contributed by atoms with Crippen molar-refractivity contribution in [2.75, 3.05) is 38.2 Å². The van der Waals surface area contributed by atoms with Crippen molar-refractivity contribution in [3.8, 4) is 5.75 Å². The lowest BCUT2D eigenvalue weighted by Gasteiger charge is -2.24. The minimum absolute atomic E-state index is 0.00613. The largest absolute Gasteiger partial charge is 0.504 e. The smallest absolute Gasteiger partial charge is 0.416 e. The number of benzene rings is 1. The van der Waals surface area contributed by atoms with E-state index in [-0.39, 0.29) is 58.6 Å². The van der Waals surface area contributed by atoms with Crippen molar-refractivity contribution in [2.24, 2.45) is 11.8 Å². The lowest BCUT2D eigenvalue weighted by atomic mass is 9.91. The molecule has 1 aromatic carbocycles. The molecule has 19 heteroatoms. The van der Waals surface area contributed by atoms with Gasteiger partial charge in [0.1, 0.15) is 12.9 Å². The molecule has 1 aliphatic heterocycles. The van der Waals surface area contributed by atoms with Gasteiger partial charge in [0.05, 0.1) is 35.2 Å². The summed E-state index contributed by atoms with van der Waals surface area (Å²) in [7, 11) is 0. The number of nitrogens with two attached hydrogens (primary N) is 1. The Balaban J connectivity index is 0.00000133. The normalized spacial score (nSPS) is 16.7. The summed E-state index contributed by atoms with van der Waals surface area (Å²) in [4.78, 5) is 55.1. The predicted molar refractivity (Wildman–Crippen MR) is 194 cm³/mol. The molecule has 0 spiro atoms. The SMILES string of the molecule is CCN(CCC1c2c(n(CC(=O)Nc3ccc(C(F)(F)F)cc3Cl)c3nc(C4=CCOCC4)nn3c2=O)CC1C)C(=O)c1ncnc(C)c1O.CCNN. The average Bonchev–Trinajstić information content (AvgIpc) is 3.74. The van der Waals surface area contributed by atoms with Crippen molar-refractivity contribution in [1.29, 1.82) is 0 Å². The van der Waals surface area contributed by atoms with Gasteiger partial charge in [0.15, 0.2) is 17.3 Å². The molecule has 3 aromatic heterocycles. The number of fused-ring (bicyclic) bond motifs is 2. The number of amides is 2. The van der Waals surface area contributed by atoms with Crippen molar-refractivity contribution in [3.63, 3.8) is 0 Å². The zero-order valence-corrected chi connectivity index (χ0v) is 31.0. The lowest BCUT2D eigenvalue weighted by molar-refractivity contribution is -0.137. The molecule has 4 heterocycles. The Hall–Kier alpha value is -4.91. The van der Waals surface area contributed by atoms with E-state index in [0.717, 1.165) is 30.3 Å². The Morgan fingerprint density at radius 1 is 1.22 bits per heavy atom. The first-order valence-electron chi connectivity index (χ1n) is 17.4. The number of nitrogens with zero attached hydrogens (tertiary/aromatic N) is 7. The second-order valence-corrected chi connectivity index (χ2v) is 13.3. The van der Waals surface area contributed by atoms with Crippen LogP contribution in [0.15, 0.2) is 35.4 Å². The molecule has 1 aliphatic carbocycles. The van der Waals surface area contributed by atoms with E-state index in [1.54, 1.807) is 18.4 Å². The Morgan fingerprint density at radius 3 is 2.59 bits per heavy atom. The second kappa shape index (κ2) is 17.0. The molecule has 15 nitrogen and oxygen atoms in total. The van der Waals surface area contributed by atoms with E-state index >= 15 is 0 Å². The maximum Gasteiger partial charge on any atom is 0.416 e. The molecule has 5 N–H and O–H groups in total. The number of aromatic hydroxyl groups is 1. The fraction of sp³-hybridized carbons (Fsp3) is 0.457. The summed E-state index contributed by atoms with van der Waals surface area (Å²) in [5, 5.41) is 17.3. The van der Waals surface area contributed by atoms with Crippen molar-refractivity contribution in [2.45, 2.75) is 65.6 Å². The van der Waals surface area contributed by atoms with Crippen molar-refractivity contribution in [3.05, 3.63) is 80.0 Å². The summed E-state index contributed by atoms with van der Waals surface area (Å²) < 4.78 is 47.8. The Morgan fingerprint density at radius 2 is 1.96 bits per heavy atom. The highest BCUT2D eigenvalue weighted by atomic mass is 35.5. The Kier molecular flexibility index (Phi) is 12.7. The van der Waals surface area contributed by atoms with Crippen LogP contribution >= 0.6 is 11.6 Å². The summed E-state index contributed by atoms with van der Waals surface area (Å²) in [6.07, 6.45) is -0.242. The van der Waals surface area contributed by atoms with E-state index in [9.17, 15) is 32.7 Å². The van der Waals surface area contributed by atoms with Crippen LogP contribution < -0.4 is 22.1 Å². The third-order valence-corrected chi connectivity index (χ3v) is 9.69. The molecule has 0 saturated carbocycles. The number of alkyl halides is 3. The maximum absolute atomic E-state index is 14.2. The second-order valence-electron chi connectivity index (χ2n) is 12.9. The zero-order chi connectivity index (χ0) is 39.3. The number of anilines is 1. The summed E-state index contributed by atoms with van der Waals surface area (Å²) in [6, 6.07) is 2.65. The van der Waals surface area contributed by atoms with E-state index in [1.807, 2.05) is 19.9 Å². The van der Waals surface area contributed by atoms with Gasteiger partial charge in [-0.15, -0.1) is 5.10 Å². The number of hydrogen-bond acceptors (Lipinski definition) is 11. The molecule has 2 atom stereocenters. The van der Waals surface area contributed by atoms with Gasteiger partial charge in [-0.05, 0) is 68.7 Å². The fourth-order valence-electron chi connectivity index (χ4n) is 6.50. The molecule has 290 valence electrons. The molecule has 2 unspecified atom stereocenters. The monoisotopic (exact) mass is 774 g/mol. The lowest BCUT2D eigenvalue weighted by Crippen LogP contribution is -2.34. The topological polar surface area (TPSA) is 195 Å². The van der Waals surface area contributed by atoms with Crippen LogP contribution in [0, 0.1) is 12.8 Å². The Bertz CT molecular complexity index is 2120. The first-order valence-corrected chi connectivity index (χ1v) is 17.8. The molecule has 54 heavy (non-hydrogen) atoms. The molecule has 2 amide bonds. The number of hydrogen-bond donors (Lipinski definition) is 4. The van der Waals surface area contributed by atoms with Crippen LogP contribution in [0.1, 0.15) is 78.4 Å². The van der Waals surface area contributed by atoms with E-state index in [1.165, 1.54) is 15.7 Å². The highest BCUT2D eigenvalue weighted by Crippen LogP contribution is 2.39. The number of halogens is 4. The van der Waals surface area contributed by atoms with Crippen LogP contribution in [0.5, 0.6) is 5.75 Å². The van der Waals surface area contributed by atoms with Gasteiger partial charge >= 0.3 is 6.18 Å². The number of rotatable bonds is 10. The van der Waals surface area contributed by atoms with Gasteiger partial charge in [0.25, 0.3) is 11.5 Å². The molecular formula is C35H42ClF3N10O5. The minimum atomic E-state index is -4.61. The number of ether oxygens (including phenoxy) is 1. The highest BCUT2D eigenvalue weighted by molar-refractivity contribution is 6.33. The predicted octanol–water partition coefficient (Wildman–Crippen LogP) is 4.11. The first kappa shape index (κ1) is 40.3. The number of carbonyl (C=O) groups is 2. The van der Waals surface area contributed by atoms with Crippen LogP contribution in [0.2, 0.25) is 5.02 Å². The molecule has 0 radical (unpaired) electrons. The van der Waals surface area contributed by atoms with E-state index in [4.69, 9.17) is 22.2 Å². The standard InChI is InChI=1S/C33H34ClF3N8O5.C2H8N2/c1-4-43(31(49)27-28(47)18(3)38-16-39-27)10-7-21-17(2)13-24-26(21)30(48)45-32(41-29(42-45)19-8-11-50-12-9-19)44(24)15-25(46)40-23-6-5-20(14-22(23)34)33(35,36)37;1-2-4-3/h5-6,8,14,16-17,21,47H,4,7,9-13,15H2,1-3H3,(H,40,46);4H,2-3H2,1H3. The maximum atomic E-state index is 14.2. The first-order chi connectivity index (χ1) is 25.7. The number of carbonyl (C=O) groups excluding carboxylic acids is 2. The van der Waals surface area contributed by atoms with Gasteiger partial charge in [0.2, 0.25) is 11.7 Å². The number of hydrazine groups is 1. The van der Waals surface area contributed by atoms with Gasteiger partial charge in [-0.3, -0.25) is 25.7 Å². The molecular weight excluding hydrogens is 733 g/mol. The third-order valence-electron chi connectivity index (χ3n) is 9.38. The number of aryl methyl sites for hydroxylation is 1. The molecule has 2 aliphatic rings. The summed E-state index contributed by atoms with van der Waals surface area (Å²) in [6.45, 7) is 9.17. The van der Waals surface area contributed by atoms with Crippen LogP contribution in [-0.4, -0.2) is 83.8 Å².